The average molecular weight is 517 g/mol. The fourth-order valence-electron chi connectivity index (χ4n) is 3.38. The lowest BCUT2D eigenvalue weighted by molar-refractivity contribution is -0.139. The third kappa shape index (κ3) is 8.48. The first-order chi connectivity index (χ1) is 18.2. The Balaban J connectivity index is 1.53. The molecular formula is C29H32N4O5. The minimum atomic E-state index is -0.881. The third-order valence-corrected chi connectivity index (χ3v) is 5.45. The van der Waals surface area contributed by atoms with Crippen LogP contribution >= 0.6 is 0 Å². The molecule has 0 radical (unpaired) electrons. The summed E-state index contributed by atoms with van der Waals surface area (Å²) in [6.07, 6.45) is 1.38. The van der Waals surface area contributed by atoms with E-state index in [1.807, 2.05) is 70.2 Å². The smallest absolute Gasteiger partial charge is 0.329 e. The highest BCUT2D eigenvalue weighted by Crippen LogP contribution is 2.28. The Bertz CT molecular complexity index is 1320. The van der Waals surface area contributed by atoms with Crippen LogP contribution in [0.3, 0.4) is 0 Å². The summed E-state index contributed by atoms with van der Waals surface area (Å²) < 4.78 is 11.3. The topological polar surface area (TPSA) is 118 Å². The predicted molar refractivity (Wildman–Crippen MR) is 146 cm³/mol. The van der Waals surface area contributed by atoms with Crippen LogP contribution in [0.4, 0.5) is 5.69 Å². The number of benzene rings is 3. The standard InChI is InChI=1S/C29H32N4O5/c1-5-37-26-15-23(17-31-33-29(36)28(35)30-16-22-10-7-19(2)8-11-22)12-13-25(26)38-18-27(34)32-24-14-20(3)6-9-21(24)4/h6-15,17H,5,16,18H2,1-4H3,(H,30,35)(H,32,34)(H,33,36)/b31-17-. The predicted octanol–water partition coefficient (Wildman–Crippen LogP) is 3.79. The molecule has 0 aliphatic heterocycles. The number of hydrogen-bond acceptors (Lipinski definition) is 6. The molecule has 0 fully saturated rings. The van der Waals surface area contributed by atoms with E-state index in [2.05, 4.69) is 21.2 Å². The number of rotatable bonds is 10. The lowest BCUT2D eigenvalue weighted by Gasteiger charge is -2.13. The van der Waals surface area contributed by atoms with Gasteiger partial charge >= 0.3 is 11.8 Å². The van der Waals surface area contributed by atoms with Crippen LogP contribution in [0.1, 0.15) is 34.7 Å². The highest BCUT2D eigenvalue weighted by molar-refractivity contribution is 6.35. The molecule has 0 heterocycles. The van der Waals surface area contributed by atoms with Gasteiger partial charge in [0.05, 0.1) is 12.8 Å². The van der Waals surface area contributed by atoms with E-state index >= 15 is 0 Å². The summed E-state index contributed by atoms with van der Waals surface area (Å²) in [4.78, 5) is 36.5. The highest BCUT2D eigenvalue weighted by atomic mass is 16.5. The summed E-state index contributed by atoms with van der Waals surface area (Å²) in [5, 5.41) is 9.25. The molecule has 3 rings (SSSR count). The second-order valence-electron chi connectivity index (χ2n) is 8.66. The normalized spacial score (nSPS) is 10.6. The van der Waals surface area contributed by atoms with Crippen LogP contribution in [0.2, 0.25) is 0 Å². The van der Waals surface area contributed by atoms with Gasteiger partial charge in [-0.05, 0) is 74.2 Å². The number of hydrogen-bond donors (Lipinski definition) is 3. The number of amides is 3. The molecule has 0 aliphatic rings. The van der Waals surface area contributed by atoms with Crippen LogP contribution in [-0.4, -0.2) is 37.1 Å². The Morgan fingerprint density at radius 3 is 2.32 bits per heavy atom. The Hall–Kier alpha value is -4.66. The fraction of sp³-hybridized carbons (Fsp3) is 0.241. The minimum Gasteiger partial charge on any atom is -0.490 e. The lowest BCUT2D eigenvalue weighted by Crippen LogP contribution is -2.37. The van der Waals surface area contributed by atoms with Crippen LogP contribution in [-0.2, 0) is 20.9 Å². The first kappa shape index (κ1) is 27.9. The van der Waals surface area contributed by atoms with E-state index in [1.54, 1.807) is 18.2 Å². The van der Waals surface area contributed by atoms with Gasteiger partial charge in [0.1, 0.15) is 0 Å². The van der Waals surface area contributed by atoms with E-state index in [9.17, 15) is 14.4 Å². The van der Waals surface area contributed by atoms with Gasteiger partial charge in [-0.1, -0.05) is 42.0 Å². The lowest BCUT2D eigenvalue weighted by atomic mass is 10.1. The molecule has 0 atom stereocenters. The van der Waals surface area contributed by atoms with Gasteiger partial charge in [-0.2, -0.15) is 5.10 Å². The molecule has 0 spiro atoms. The van der Waals surface area contributed by atoms with Gasteiger partial charge < -0.3 is 20.1 Å². The molecule has 9 nitrogen and oxygen atoms in total. The first-order valence-corrected chi connectivity index (χ1v) is 12.2. The van der Waals surface area contributed by atoms with Crippen LogP contribution < -0.4 is 25.5 Å². The van der Waals surface area contributed by atoms with E-state index in [-0.39, 0.29) is 19.1 Å². The molecule has 3 amide bonds. The van der Waals surface area contributed by atoms with Crippen LogP contribution in [0.5, 0.6) is 11.5 Å². The van der Waals surface area contributed by atoms with Gasteiger partial charge in [0.25, 0.3) is 5.91 Å². The van der Waals surface area contributed by atoms with Crippen molar-refractivity contribution in [1.82, 2.24) is 10.7 Å². The van der Waals surface area contributed by atoms with Gasteiger partial charge in [-0.15, -0.1) is 0 Å². The Morgan fingerprint density at radius 1 is 0.842 bits per heavy atom. The highest BCUT2D eigenvalue weighted by Gasteiger charge is 2.13. The van der Waals surface area contributed by atoms with Gasteiger partial charge in [-0.3, -0.25) is 14.4 Å². The molecule has 198 valence electrons. The van der Waals surface area contributed by atoms with Crippen LogP contribution in [0.25, 0.3) is 0 Å². The van der Waals surface area contributed by atoms with Gasteiger partial charge in [-0.25, -0.2) is 5.43 Å². The number of nitrogens with zero attached hydrogens (tertiary/aromatic N) is 1. The molecule has 0 saturated carbocycles. The second kappa shape index (κ2) is 13.6. The van der Waals surface area contributed by atoms with E-state index in [0.29, 0.717) is 23.7 Å². The van der Waals surface area contributed by atoms with Crippen LogP contribution in [0, 0.1) is 20.8 Å². The molecule has 0 unspecified atom stereocenters. The molecule has 38 heavy (non-hydrogen) atoms. The molecule has 0 aromatic heterocycles. The van der Waals surface area contributed by atoms with Crippen molar-refractivity contribution < 1.29 is 23.9 Å². The Morgan fingerprint density at radius 2 is 1.58 bits per heavy atom. The number of carbonyl (C=O) groups is 3. The summed E-state index contributed by atoms with van der Waals surface area (Å²) in [5.41, 5.74) is 7.54. The van der Waals surface area contributed by atoms with E-state index in [0.717, 1.165) is 27.9 Å². The maximum absolute atomic E-state index is 12.4. The summed E-state index contributed by atoms with van der Waals surface area (Å²) in [6.45, 7) is 8.09. The zero-order valence-corrected chi connectivity index (χ0v) is 22.0. The number of aryl methyl sites for hydroxylation is 3. The SMILES string of the molecule is CCOc1cc(/C=N\NC(=O)C(=O)NCc2ccc(C)cc2)ccc1OCC(=O)Nc1cc(C)ccc1C. The number of anilines is 1. The van der Waals surface area contributed by atoms with Crippen molar-refractivity contribution in [3.8, 4) is 11.5 Å². The maximum atomic E-state index is 12.4. The Kier molecular flexibility index (Phi) is 9.99. The number of hydrazone groups is 1. The van der Waals surface area contributed by atoms with Crippen molar-refractivity contribution in [2.75, 3.05) is 18.5 Å². The first-order valence-electron chi connectivity index (χ1n) is 12.2. The van der Waals surface area contributed by atoms with Gasteiger partial charge in [0.2, 0.25) is 0 Å². The summed E-state index contributed by atoms with van der Waals surface area (Å²) in [6, 6.07) is 18.4. The molecule has 3 aromatic rings. The van der Waals surface area contributed by atoms with Crippen molar-refractivity contribution in [3.63, 3.8) is 0 Å². The molecule has 0 bridgehead atoms. The summed E-state index contributed by atoms with van der Waals surface area (Å²) in [7, 11) is 0. The zero-order chi connectivity index (χ0) is 27.5. The van der Waals surface area contributed by atoms with Crippen molar-refractivity contribution in [2.45, 2.75) is 34.2 Å². The molecule has 0 aliphatic carbocycles. The molecule has 9 heteroatoms. The minimum absolute atomic E-state index is 0.200. The van der Waals surface area contributed by atoms with Crippen molar-refractivity contribution in [2.24, 2.45) is 5.10 Å². The average Bonchev–Trinajstić information content (AvgIpc) is 2.90. The third-order valence-electron chi connectivity index (χ3n) is 5.45. The largest absolute Gasteiger partial charge is 0.490 e. The number of nitrogens with one attached hydrogen (secondary N) is 3. The fourth-order valence-corrected chi connectivity index (χ4v) is 3.38. The molecular weight excluding hydrogens is 484 g/mol. The van der Waals surface area contributed by atoms with Crippen molar-refractivity contribution >= 4 is 29.6 Å². The summed E-state index contributed by atoms with van der Waals surface area (Å²) in [5.74, 6) is -1.17. The monoisotopic (exact) mass is 516 g/mol. The second-order valence-corrected chi connectivity index (χ2v) is 8.66. The number of carbonyl (C=O) groups excluding carboxylic acids is 3. The Labute approximate surface area is 222 Å². The number of ether oxygens (including phenoxy) is 2. The molecule has 3 aromatic carbocycles. The maximum Gasteiger partial charge on any atom is 0.329 e. The van der Waals surface area contributed by atoms with Gasteiger partial charge in [0.15, 0.2) is 18.1 Å². The van der Waals surface area contributed by atoms with Crippen molar-refractivity contribution in [3.05, 3.63) is 88.5 Å². The van der Waals surface area contributed by atoms with E-state index < -0.39 is 11.8 Å². The summed E-state index contributed by atoms with van der Waals surface area (Å²) >= 11 is 0. The zero-order valence-electron chi connectivity index (χ0n) is 22.0. The molecule has 3 N–H and O–H groups in total. The van der Waals surface area contributed by atoms with Crippen LogP contribution in [0.15, 0.2) is 65.8 Å². The van der Waals surface area contributed by atoms with Crippen molar-refractivity contribution in [1.29, 1.82) is 0 Å². The molecule has 0 saturated heterocycles. The quantitative estimate of drug-likeness (QED) is 0.215. The van der Waals surface area contributed by atoms with E-state index in [1.165, 1.54) is 6.21 Å². The van der Waals surface area contributed by atoms with E-state index in [4.69, 9.17) is 9.47 Å². The van der Waals surface area contributed by atoms with Gasteiger partial charge in [0, 0.05) is 12.2 Å².